The lowest BCUT2D eigenvalue weighted by Gasteiger charge is -2.32. The highest BCUT2D eigenvalue weighted by atomic mass is 16.5. The summed E-state index contributed by atoms with van der Waals surface area (Å²) in [6.07, 6.45) is 0.293. The highest BCUT2D eigenvalue weighted by molar-refractivity contribution is 5.72. The van der Waals surface area contributed by atoms with Gasteiger partial charge in [-0.05, 0) is 24.6 Å². The number of nitrogens with zero attached hydrogens (tertiary/aromatic N) is 1. The smallest absolute Gasteiger partial charge is 0.309 e. The molecule has 1 aromatic carbocycles. The van der Waals surface area contributed by atoms with E-state index in [9.17, 15) is 4.79 Å². The van der Waals surface area contributed by atoms with E-state index in [0.29, 0.717) is 19.1 Å². The van der Waals surface area contributed by atoms with Gasteiger partial charge in [-0.25, -0.2) is 0 Å². The third-order valence-corrected chi connectivity index (χ3v) is 3.66. The molecule has 0 spiro atoms. The Hall–Kier alpha value is -1.59. The minimum absolute atomic E-state index is 0.232. The Labute approximate surface area is 125 Å². The highest BCUT2D eigenvalue weighted by Gasteiger charge is 2.17. The molecule has 21 heavy (non-hydrogen) atoms. The molecular formula is C16H23NO4. The van der Waals surface area contributed by atoms with E-state index in [4.69, 9.17) is 9.47 Å². The second kappa shape index (κ2) is 8.00. The number of ether oxygens (including phenoxy) is 3. The first kappa shape index (κ1) is 15.8. The van der Waals surface area contributed by atoms with E-state index < -0.39 is 0 Å². The number of hydrogen-bond acceptors (Lipinski definition) is 5. The molecule has 0 aliphatic carbocycles. The van der Waals surface area contributed by atoms with Crippen LogP contribution in [0.3, 0.4) is 0 Å². The van der Waals surface area contributed by atoms with Crippen LogP contribution < -0.4 is 4.74 Å². The van der Waals surface area contributed by atoms with Crippen molar-refractivity contribution in [1.82, 2.24) is 4.90 Å². The molecule has 1 heterocycles. The van der Waals surface area contributed by atoms with Crippen LogP contribution in [0.25, 0.3) is 0 Å². The van der Waals surface area contributed by atoms with Crippen LogP contribution in [-0.2, 0) is 20.7 Å². The summed E-state index contributed by atoms with van der Waals surface area (Å²) >= 11 is 0. The second-order valence-electron chi connectivity index (χ2n) is 5.21. The van der Waals surface area contributed by atoms with Gasteiger partial charge in [0.1, 0.15) is 12.4 Å². The number of hydrogen-bond donors (Lipinski definition) is 0. The van der Waals surface area contributed by atoms with Gasteiger partial charge in [0.15, 0.2) is 0 Å². The van der Waals surface area contributed by atoms with E-state index >= 15 is 0 Å². The summed E-state index contributed by atoms with van der Waals surface area (Å²) in [5, 5.41) is 0. The van der Waals surface area contributed by atoms with Crippen molar-refractivity contribution in [2.75, 3.05) is 40.0 Å². The Balaban J connectivity index is 1.78. The van der Waals surface area contributed by atoms with Gasteiger partial charge in [-0.3, -0.25) is 9.69 Å². The number of benzene rings is 1. The summed E-state index contributed by atoms with van der Waals surface area (Å²) in [6, 6.07) is 7.94. The van der Waals surface area contributed by atoms with E-state index in [1.807, 2.05) is 24.3 Å². The van der Waals surface area contributed by atoms with Crippen LogP contribution in [0.1, 0.15) is 12.5 Å². The fourth-order valence-corrected chi connectivity index (χ4v) is 2.28. The zero-order valence-corrected chi connectivity index (χ0v) is 12.7. The Morgan fingerprint density at radius 2 is 1.95 bits per heavy atom. The molecule has 1 atom stereocenters. The first-order valence-corrected chi connectivity index (χ1v) is 7.29. The molecule has 0 radical (unpaired) electrons. The minimum Gasteiger partial charge on any atom is -0.492 e. The van der Waals surface area contributed by atoms with E-state index in [1.165, 1.54) is 7.11 Å². The van der Waals surface area contributed by atoms with E-state index in [-0.39, 0.29) is 5.97 Å². The predicted octanol–water partition coefficient (Wildman–Crippen LogP) is 1.50. The largest absolute Gasteiger partial charge is 0.492 e. The quantitative estimate of drug-likeness (QED) is 0.744. The minimum atomic E-state index is -0.232. The molecule has 1 aliphatic heterocycles. The van der Waals surface area contributed by atoms with Crippen LogP contribution in [0.4, 0.5) is 0 Å². The van der Waals surface area contributed by atoms with Crippen molar-refractivity contribution in [2.45, 2.75) is 19.4 Å². The molecule has 0 saturated carbocycles. The van der Waals surface area contributed by atoms with Crippen molar-refractivity contribution in [3.8, 4) is 5.75 Å². The van der Waals surface area contributed by atoms with Crippen LogP contribution in [0.2, 0.25) is 0 Å². The van der Waals surface area contributed by atoms with Crippen LogP contribution in [-0.4, -0.2) is 56.9 Å². The lowest BCUT2D eigenvalue weighted by atomic mass is 10.1. The fraction of sp³-hybridized carbons (Fsp3) is 0.562. The Kier molecular flexibility index (Phi) is 6.02. The molecule has 1 aromatic rings. The van der Waals surface area contributed by atoms with Crippen molar-refractivity contribution < 1.29 is 19.0 Å². The average Bonchev–Trinajstić information content (AvgIpc) is 2.54. The van der Waals surface area contributed by atoms with Gasteiger partial charge in [-0.2, -0.15) is 0 Å². The predicted molar refractivity (Wildman–Crippen MR) is 79.5 cm³/mol. The number of methoxy groups -OCH3 is 1. The van der Waals surface area contributed by atoms with Gasteiger partial charge in [-0.1, -0.05) is 12.1 Å². The van der Waals surface area contributed by atoms with Gasteiger partial charge in [0.25, 0.3) is 0 Å². The molecule has 0 N–H and O–H groups in total. The Morgan fingerprint density at radius 3 is 2.57 bits per heavy atom. The molecule has 1 saturated heterocycles. The maximum absolute atomic E-state index is 11.2. The molecule has 5 nitrogen and oxygen atoms in total. The topological polar surface area (TPSA) is 48.0 Å². The normalized spacial score (nSPS) is 17.2. The van der Waals surface area contributed by atoms with Gasteiger partial charge in [0.2, 0.25) is 0 Å². The fourth-order valence-electron chi connectivity index (χ4n) is 2.28. The molecule has 116 valence electrons. The van der Waals surface area contributed by atoms with Crippen molar-refractivity contribution in [1.29, 1.82) is 0 Å². The van der Waals surface area contributed by atoms with Crippen molar-refractivity contribution >= 4 is 5.97 Å². The van der Waals surface area contributed by atoms with Crippen LogP contribution in [0.15, 0.2) is 24.3 Å². The van der Waals surface area contributed by atoms with E-state index in [2.05, 4.69) is 16.6 Å². The Bertz CT molecular complexity index is 440. The summed E-state index contributed by atoms with van der Waals surface area (Å²) in [6.45, 7) is 6.33. The van der Waals surface area contributed by atoms with Crippen molar-refractivity contribution in [3.05, 3.63) is 29.8 Å². The van der Waals surface area contributed by atoms with Crippen molar-refractivity contribution in [3.63, 3.8) is 0 Å². The lowest BCUT2D eigenvalue weighted by molar-refractivity contribution is -0.139. The molecule has 0 bridgehead atoms. The molecule has 0 amide bonds. The van der Waals surface area contributed by atoms with E-state index in [1.54, 1.807) is 0 Å². The second-order valence-corrected chi connectivity index (χ2v) is 5.21. The average molecular weight is 293 g/mol. The van der Waals surface area contributed by atoms with Gasteiger partial charge < -0.3 is 14.2 Å². The van der Waals surface area contributed by atoms with Crippen molar-refractivity contribution in [2.24, 2.45) is 0 Å². The maximum atomic E-state index is 11.2. The molecule has 1 aliphatic rings. The molecular weight excluding hydrogens is 270 g/mol. The summed E-state index contributed by atoms with van der Waals surface area (Å²) in [4.78, 5) is 13.6. The highest BCUT2D eigenvalue weighted by Crippen LogP contribution is 2.14. The molecule has 1 fully saturated rings. The summed E-state index contributed by atoms with van der Waals surface area (Å²) in [5.41, 5.74) is 0.926. The van der Waals surface area contributed by atoms with Gasteiger partial charge >= 0.3 is 5.97 Å². The zero-order valence-electron chi connectivity index (χ0n) is 12.7. The van der Waals surface area contributed by atoms with Crippen LogP contribution >= 0.6 is 0 Å². The van der Waals surface area contributed by atoms with Gasteiger partial charge in [0.05, 0.1) is 26.7 Å². The summed E-state index contributed by atoms with van der Waals surface area (Å²) in [5.74, 6) is 0.591. The number of esters is 1. The SMILES string of the molecule is COC(=O)Cc1ccc(OCC(C)N2CCOCC2)cc1. The molecule has 2 rings (SSSR count). The van der Waals surface area contributed by atoms with Gasteiger partial charge in [0, 0.05) is 19.1 Å². The standard InChI is InChI=1S/C16H23NO4/c1-13(17-7-9-20-10-8-17)12-21-15-5-3-14(4-6-15)11-16(18)19-2/h3-6,13H,7-12H2,1-2H3. The third kappa shape index (κ3) is 5.02. The van der Waals surface area contributed by atoms with E-state index in [0.717, 1.165) is 37.6 Å². The Morgan fingerprint density at radius 1 is 1.29 bits per heavy atom. The molecule has 5 heteroatoms. The number of morpholine rings is 1. The first-order valence-electron chi connectivity index (χ1n) is 7.29. The number of rotatable bonds is 6. The molecule has 0 aromatic heterocycles. The number of carbonyl (C=O) groups excluding carboxylic acids is 1. The van der Waals surface area contributed by atoms with Crippen LogP contribution in [0, 0.1) is 0 Å². The maximum Gasteiger partial charge on any atom is 0.309 e. The third-order valence-electron chi connectivity index (χ3n) is 3.66. The monoisotopic (exact) mass is 293 g/mol. The number of carbonyl (C=O) groups is 1. The lowest BCUT2D eigenvalue weighted by Crippen LogP contribution is -2.44. The summed E-state index contributed by atoms with van der Waals surface area (Å²) < 4.78 is 15.8. The van der Waals surface area contributed by atoms with Gasteiger partial charge in [-0.15, -0.1) is 0 Å². The summed E-state index contributed by atoms with van der Waals surface area (Å²) in [7, 11) is 1.40. The zero-order chi connectivity index (χ0) is 15.1. The van der Waals surface area contributed by atoms with Crippen LogP contribution in [0.5, 0.6) is 5.75 Å². The molecule has 1 unspecified atom stereocenters. The first-order chi connectivity index (χ1) is 10.2.